The standard InChI is InChI=1S/C30H35N3O8/c1-32(2)24-18-12-14-11-17-16(20-8-5-15(41-20)13-33-9-3-4-10-33)6-7-19(34)22(17)25(35)21(14)27(37)30(18,40)28(38)23(26(24)36)29(31)39/h5-8,14,18,23-24,26,34-36,40H,3-4,9-13H2,1-2H3,(H2,31,39)/t14-,18-,23?,24-,26?,30-/m1/s1. The number of carbonyl (C=O) groups is 3. The van der Waals surface area contributed by atoms with Gasteiger partial charge in [0.15, 0.2) is 11.4 Å². The predicted octanol–water partition coefficient (Wildman–Crippen LogP) is 0.985. The zero-order valence-corrected chi connectivity index (χ0v) is 23.0. The molecule has 0 radical (unpaired) electrons. The summed E-state index contributed by atoms with van der Waals surface area (Å²) in [5.74, 6) is -6.27. The highest BCUT2D eigenvalue weighted by molar-refractivity contribution is 6.25. The second-order valence-corrected chi connectivity index (χ2v) is 12.0. The Labute approximate surface area is 236 Å². The summed E-state index contributed by atoms with van der Waals surface area (Å²) in [6.07, 6.45) is 1.06. The number of nitrogens with zero attached hydrogens (tertiary/aromatic N) is 2. The molecule has 2 aromatic rings. The molecule has 3 fully saturated rings. The van der Waals surface area contributed by atoms with Gasteiger partial charge in [-0.1, -0.05) is 0 Å². The van der Waals surface area contributed by atoms with Crippen LogP contribution in [0.1, 0.15) is 36.1 Å². The van der Waals surface area contributed by atoms with Crippen molar-refractivity contribution in [2.75, 3.05) is 27.2 Å². The van der Waals surface area contributed by atoms with E-state index in [1.54, 1.807) is 25.1 Å². The lowest BCUT2D eigenvalue weighted by molar-refractivity contribution is -0.184. The summed E-state index contributed by atoms with van der Waals surface area (Å²) in [5, 5.41) is 45.0. The molecule has 0 spiro atoms. The van der Waals surface area contributed by atoms with Gasteiger partial charge in [-0.15, -0.1) is 0 Å². The number of Topliss-reactive ketones (excluding diaryl/α,β-unsaturated/α-hetero) is 2. The number of hydrogen-bond acceptors (Lipinski definition) is 10. The number of fused-ring (bicyclic) bond motifs is 3. The Morgan fingerprint density at radius 2 is 1.85 bits per heavy atom. The number of nitrogens with two attached hydrogens (primary N) is 1. The van der Waals surface area contributed by atoms with Crippen molar-refractivity contribution < 1.29 is 39.2 Å². The number of likely N-dealkylation sites (tertiary alicyclic amines) is 1. The van der Waals surface area contributed by atoms with Gasteiger partial charge in [0.1, 0.15) is 28.9 Å². The van der Waals surface area contributed by atoms with Gasteiger partial charge in [0.2, 0.25) is 11.7 Å². The molecule has 41 heavy (non-hydrogen) atoms. The number of hydrogen-bond donors (Lipinski definition) is 5. The fourth-order valence-corrected chi connectivity index (χ4v) is 7.60. The van der Waals surface area contributed by atoms with Crippen LogP contribution in [0.5, 0.6) is 5.75 Å². The molecule has 3 aliphatic carbocycles. The maximum absolute atomic E-state index is 14.0. The number of likely N-dealkylation sites (N-methyl/N-ethyl adjacent to an activating group) is 1. The van der Waals surface area contributed by atoms with Crippen LogP contribution < -0.4 is 5.73 Å². The molecule has 6 atom stereocenters. The minimum Gasteiger partial charge on any atom is -0.507 e. The first-order chi connectivity index (χ1) is 19.4. The van der Waals surface area contributed by atoms with Gasteiger partial charge in [-0.05, 0) is 88.6 Å². The Bertz CT molecular complexity index is 1470. The first-order valence-corrected chi connectivity index (χ1v) is 14.0. The molecular formula is C30H35N3O8. The molecule has 4 aliphatic rings. The Morgan fingerprint density at radius 1 is 1.15 bits per heavy atom. The summed E-state index contributed by atoms with van der Waals surface area (Å²) in [5.41, 5.74) is 3.85. The van der Waals surface area contributed by atoms with Crippen LogP contribution in [-0.2, 0) is 27.3 Å². The van der Waals surface area contributed by atoms with E-state index in [0.717, 1.165) is 31.7 Å². The van der Waals surface area contributed by atoms with Crippen LogP contribution in [-0.4, -0.2) is 92.6 Å². The van der Waals surface area contributed by atoms with Crippen LogP contribution in [0.15, 0.2) is 34.3 Å². The molecular weight excluding hydrogens is 530 g/mol. The normalized spacial score (nSPS) is 31.8. The highest BCUT2D eigenvalue weighted by Gasteiger charge is 2.67. The van der Waals surface area contributed by atoms with Crippen molar-refractivity contribution in [2.45, 2.75) is 50.0 Å². The Hall–Kier alpha value is -3.51. The van der Waals surface area contributed by atoms with Gasteiger partial charge < -0.3 is 35.5 Å². The van der Waals surface area contributed by atoms with E-state index in [1.165, 1.54) is 6.07 Å². The number of benzene rings is 1. The number of phenolic OH excluding ortho intramolecular Hbond substituents is 1. The highest BCUT2D eigenvalue weighted by Crippen LogP contribution is 2.53. The second-order valence-electron chi connectivity index (χ2n) is 12.0. The van der Waals surface area contributed by atoms with Crippen LogP contribution in [0.25, 0.3) is 17.1 Å². The molecule has 1 aromatic carbocycles. The molecule has 1 aliphatic heterocycles. The van der Waals surface area contributed by atoms with E-state index in [2.05, 4.69) is 4.90 Å². The van der Waals surface area contributed by atoms with Gasteiger partial charge in [-0.3, -0.25) is 19.3 Å². The number of phenols is 1. The third-order valence-corrected chi connectivity index (χ3v) is 9.48. The lowest BCUT2D eigenvalue weighted by Crippen LogP contribution is -2.73. The summed E-state index contributed by atoms with van der Waals surface area (Å²) in [6.45, 7) is 2.71. The molecule has 0 bridgehead atoms. The summed E-state index contributed by atoms with van der Waals surface area (Å²) in [7, 11) is 3.25. The molecule has 2 unspecified atom stereocenters. The van der Waals surface area contributed by atoms with Crippen molar-refractivity contribution >= 4 is 23.2 Å². The van der Waals surface area contributed by atoms with Gasteiger partial charge >= 0.3 is 0 Å². The monoisotopic (exact) mass is 565 g/mol. The molecule has 1 amide bonds. The van der Waals surface area contributed by atoms with E-state index in [0.29, 0.717) is 23.4 Å². The first kappa shape index (κ1) is 27.6. The lowest BCUT2D eigenvalue weighted by Gasteiger charge is -2.53. The minimum absolute atomic E-state index is 0.0422. The fraction of sp³-hybridized carbons (Fsp3) is 0.500. The Balaban J connectivity index is 1.44. The summed E-state index contributed by atoms with van der Waals surface area (Å²) in [6, 6.07) is 5.94. The molecule has 1 aromatic heterocycles. The number of aromatic hydroxyl groups is 1. The number of amides is 1. The number of aliphatic hydroxyl groups excluding tert-OH is 2. The zero-order valence-electron chi connectivity index (χ0n) is 23.0. The number of aliphatic hydroxyl groups is 3. The van der Waals surface area contributed by atoms with Crippen molar-refractivity contribution in [2.24, 2.45) is 23.5 Å². The zero-order chi connectivity index (χ0) is 29.4. The molecule has 1 saturated heterocycles. The van der Waals surface area contributed by atoms with Gasteiger partial charge in [-0.25, -0.2) is 0 Å². The van der Waals surface area contributed by atoms with E-state index in [-0.39, 0.29) is 29.7 Å². The molecule has 11 nitrogen and oxygen atoms in total. The SMILES string of the molecule is CN(C)[C@H]1C(O)C(C(N)=O)C(=O)[C@]2(O)C(=O)C3=C(O)c4c(O)ccc(-c5ccc(CN6CCCC6)o5)c4C[C@@H]3C[C@H]12. The molecule has 6 rings (SSSR count). The Morgan fingerprint density at radius 3 is 2.51 bits per heavy atom. The quantitative estimate of drug-likeness (QED) is 0.328. The maximum Gasteiger partial charge on any atom is 0.230 e. The van der Waals surface area contributed by atoms with Crippen LogP contribution >= 0.6 is 0 Å². The van der Waals surface area contributed by atoms with Gasteiger partial charge in [0.25, 0.3) is 0 Å². The summed E-state index contributed by atoms with van der Waals surface area (Å²) < 4.78 is 6.19. The minimum atomic E-state index is -2.68. The predicted molar refractivity (Wildman–Crippen MR) is 146 cm³/mol. The van der Waals surface area contributed by atoms with E-state index < -0.39 is 58.7 Å². The Kier molecular flexibility index (Phi) is 6.61. The van der Waals surface area contributed by atoms with Crippen LogP contribution in [0.2, 0.25) is 0 Å². The lowest BCUT2D eigenvalue weighted by atomic mass is 9.54. The maximum atomic E-state index is 14.0. The van der Waals surface area contributed by atoms with E-state index in [1.807, 2.05) is 12.1 Å². The molecule has 6 N–H and O–H groups in total. The summed E-state index contributed by atoms with van der Waals surface area (Å²) in [4.78, 5) is 43.5. The fourth-order valence-electron chi connectivity index (χ4n) is 7.60. The van der Waals surface area contributed by atoms with Crippen molar-refractivity contribution in [3.05, 3.63) is 46.7 Å². The highest BCUT2D eigenvalue weighted by atomic mass is 16.3. The van der Waals surface area contributed by atoms with E-state index in [9.17, 15) is 34.8 Å². The van der Waals surface area contributed by atoms with Crippen LogP contribution in [0.4, 0.5) is 0 Å². The average molecular weight is 566 g/mol. The molecule has 218 valence electrons. The van der Waals surface area contributed by atoms with Crippen molar-refractivity contribution in [1.29, 1.82) is 0 Å². The molecule has 11 heteroatoms. The number of carbonyl (C=O) groups excluding carboxylic acids is 3. The number of furan rings is 1. The largest absolute Gasteiger partial charge is 0.507 e. The van der Waals surface area contributed by atoms with Crippen molar-refractivity contribution in [3.8, 4) is 17.1 Å². The topological polar surface area (TPSA) is 178 Å². The van der Waals surface area contributed by atoms with Crippen LogP contribution in [0.3, 0.4) is 0 Å². The number of ketones is 2. The molecule has 2 saturated carbocycles. The van der Waals surface area contributed by atoms with E-state index >= 15 is 0 Å². The second kappa shape index (κ2) is 9.80. The third kappa shape index (κ3) is 4.05. The smallest absolute Gasteiger partial charge is 0.230 e. The van der Waals surface area contributed by atoms with E-state index in [4.69, 9.17) is 10.2 Å². The van der Waals surface area contributed by atoms with Gasteiger partial charge in [-0.2, -0.15) is 0 Å². The number of primary amides is 1. The number of rotatable bonds is 5. The first-order valence-electron chi connectivity index (χ1n) is 14.0. The van der Waals surface area contributed by atoms with Crippen LogP contribution in [0, 0.1) is 17.8 Å². The third-order valence-electron chi connectivity index (χ3n) is 9.48. The average Bonchev–Trinajstić information content (AvgIpc) is 3.59. The van der Waals surface area contributed by atoms with Gasteiger partial charge in [0, 0.05) is 23.1 Å². The van der Waals surface area contributed by atoms with Crippen molar-refractivity contribution in [3.63, 3.8) is 0 Å². The summed E-state index contributed by atoms with van der Waals surface area (Å²) >= 11 is 0. The van der Waals surface area contributed by atoms with Crippen molar-refractivity contribution in [1.82, 2.24) is 9.80 Å². The molecule has 2 heterocycles. The van der Waals surface area contributed by atoms with Gasteiger partial charge in [0.05, 0.1) is 18.2 Å².